The monoisotopic (exact) mass is 231 g/mol. The van der Waals surface area contributed by atoms with E-state index in [9.17, 15) is 0 Å². The van der Waals surface area contributed by atoms with Crippen LogP contribution in [0.4, 0.5) is 0 Å². The molecule has 2 N–H and O–H groups in total. The molecule has 1 aliphatic rings. The number of nitrogens with two attached hydrogens (primary N) is 1. The van der Waals surface area contributed by atoms with Crippen LogP contribution in [-0.4, -0.2) is 6.04 Å². The maximum absolute atomic E-state index is 6.44. The Balaban J connectivity index is 2.04. The van der Waals surface area contributed by atoms with E-state index in [1.54, 1.807) is 0 Å². The first-order valence-electron chi connectivity index (χ1n) is 6.80. The van der Waals surface area contributed by atoms with Crippen LogP contribution in [0.15, 0.2) is 24.3 Å². The molecule has 1 aromatic rings. The second-order valence-corrected chi connectivity index (χ2v) is 6.34. The van der Waals surface area contributed by atoms with Gasteiger partial charge in [0.05, 0.1) is 0 Å². The average Bonchev–Trinajstić information content (AvgIpc) is 2.58. The molecule has 0 amide bonds. The first-order chi connectivity index (χ1) is 7.99. The lowest BCUT2D eigenvalue weighted by atomic mass is 9.76. The van der Waals surface area contributed by atoms with Crippen LogP contribution in [-0.2, 0) is 6.42 Å². The van der Waals surface area contributed by atoms with Gasteiger partial charge in [-0.25, -0.2) is 0 Å². The second kappa shape index (κ2) is 4.81. The van der Waals surface area contributed by atoms with Crippen molar-refractivity contribution in [1.82, 2.24) is 0 Å². The molecule has 0 radical (unpaired) electrons. The van der Waals surface area contributed by atoms with Gasteiger partial charge in [0.15, 0.2) is 0 Å². The molecule has 94 valence electrons. The zero-order chi connectivity index (χ0) is 12.5. The van der Waals surface area contributed by atoms with Crippen LogP contribution < -0.4 is 5.73 Å². The van der Waals surface area contributed by atoms with Crippen molar-refractivity contribution in [3.63, 3.8) is 0 Å². The molecule has 1 nitrogen and oxygen atoms in total. The molecule has 0 bridgehead atoms. The predicted octanol–water partition coefficient (Wildman–Crippen LogP) is 3.69. The summed E-state index contributed by atoms with van der Waals surface area (Å²) >= 11 is 0. The molecule has 1 aliphatic carbocycles. The first-order valence-corrected chi connectivity index (χ1v) is 6.80. The summed E-state index contributed by atoms with van der Waals surface area (Å²) in [6.07, 6.45) is 5.01. The van der Waals surface area contributed by atoms with Crippen molar-refractivity contribution in [3.8, 4) is 0 Å². The first kappa shape index (κ1) is 12.6. The molecule has 1 saturated carbocycles. The van der Waals surface area contributed by atoms with Gasteiger partial charge in [-0.3, -0.25) is 0 Å². The van der Waals surface area contributed by atoms with E-state index >= 15 is 0 Å². The lowest BCUT2D eigenvalue weighted by Crippen LogP contribution is -2.38. The normalized spacial score (nSPS) is 24.8. The van der Waals surface area contributed by atoms with E-state index in [1.807, 2.05) is 0 Å². The highest BCUT2D eigenvalue weighted by atomic mass is 14.7. The Morgan fingerprint density at radius 3 is 2.76 bits per heavy atom. The molecule has 0 aliphatic heterocycles. The van der Waals surface area contributed by atoms with Gasteiger partial charge in [0.1, 0.15) is 0 Å². The predicted molar refractivity (Wildman–Crippen MR) is 74.0 cm³/mol. The highest BCUT2D eigenvalue weighted by molar-refractivity contribution is 5.23. The summed E-state index contributed by atoms with van der Waals surface area (Å²) in [5.41, 5.74) is 9.59. The Morgan fingerprint density at radius 1 is 1.41 bits per heavy atom. The summed E-state index contributed by atoms with van der Waals surface area (Å²) in [5.74, 6) is 0.683. The van der Waals surface area contributed by atoms with Gasteiger partial charge >= 0.3 is 0 Å². The number of aryl methyl sites for hydroxylation is 1. The quantitative estimate of drug-likeness (QED) is 0.843. The van der Waals surface area contributed by atoms with Crippen LogP contribution in [0.3, 0.4) is 0 Å². The van der Waals surface area contributed by atoms with Crippen molar-refractivity contribution in [3.05, 3.63) is 35.4 Å². The average molecular weight is 231 g/mol. The lowest BCUT2D eigenvalue weighted by molar-refractivity contribution is 0.220. The fourth-order valence-electron chi connectivity index (χ4n) is 3.40. The number of hydrogen-bond acceptors (Lipinski definition) is 1. The summed E-state index contributed by atoms with van der Waals surface area (Å²) in [5, 5.41) is 0. The van der Waals surface area contributed by atoms with E-state index in [-0.39, 0.29) is 0 Å². The zero-order valence-electron chi connectivity index (χ0n) is 11.4. The molecule has 17 heavy (non-hydrogen) atoms. The molecule has 1 fully saturated rings. The van der Waals surface area contributed by atoms with Gasteiger partial charge in [-0.05, 0) is 43.1 Å². The van der Waals surface area contributed by atoms with E-state index < -0.39 is 0 Å². The highest BCUT2D eigenvalue weighted by Gasteiger charge is 2.37. The van der Waals surface area contributed by atoms with Crippen molar-refractivity contribution in [2.24, 2.45) is 17.1 Å². The smallest absolute Gasteiger partial charge is 0.0113 e. The SMILES string of the molecule is Cc1cccc(CC(N)C2CCCC2(C)C)c1. The molecule has 0 saturated heterocycles. The van der Waals surface area contributed by atoms with Crippen LogP contribution in [0, 0.1) is 18.3 Å². The van der Waals surface area contributed by atoms with Crippen molar-refractivity contribution in [2.45, 2.75) is 52.5 Å². The molecule has 2 rings (SSSR count). The summed E-state index contributed by atoms with van der Waals surface area (Å²) in [7, 11) is 0. The maximum atomic E-state index is 6.44. The summed E-state index contributed by atoms with van der Waals surface area (Å²) in [6, 6.07) is 9.07. The molecule has 2 unspecified atom stereocenters. The van der Waals surface area contributed by atoms with Gasteiger partial charge in [0, 0.05) is 6.04 Å². The minimum absolute atomic E-state index is 0.314. The largest absolute Gasteiger partial charge is 0.327 e. The molecule has 0 aromatic heterocycles. The summed E-state index contributed by atoms with van der Waals surface area (Å²) < 4.78 is 0. The van der Waals surface area contributed by atoms with E-state index in [4.69, 9.17) is 5.73 Å². The topological polar surface area (TPSA) is 26.0 Å². The Morgan fingerprint density at radius 2 is 2.18 bits per heavy atom. The van der Waals surface area contributed by atoms with E-state index in [0.717, 1.165) is 6.42 Å². The third-order valence-electron chi connectivity index (χ3n) is 4.41. The van der Waals surface area contributed by atoms with E-state index in [0.29, 0.717) is 17.4 Å². The van der Waals surface area contributed by atoms with Crippen LogP contribution >= 0.6 is 0 Å². The number of benzene rings is 1. The highest BCUT2D eigenvalue weighted by Crippen LogP contribution is 2.44. The van der Waals surface area contributed by atoms with Crippen LogP contribution in [0.1, 0.15) is 44.2 Å². The molecule has 1 heteroatoms. The molecule has 2 atom stereocenters. The third kappa shape index (κ3) is 2.90. The second-order valence-electron chi connectivity index (χ2n) is 6.34. The lowest BCUT2D eigenvalue weighted by Gasteiger charge is -2.32. The van der Waals surface area contributed by atoms with Crippen LogP contribution in [0.5, 0.6) is 0 Å². The maximum Gasteiger partial charge on any atom is 0.0113 e. The number of rotatable bonds is 3. The van der Waals surface area contributed by atoms with E-state index in [2.05, 4.69) is 45.0 Å². The van der Waals surface area contributed by atoms with Gasteiger partial charge in [-0.1, -0.05) is 50.1 Å². The van der Waals surface area contributed by atoms with Gasteiger partial charge < -0.3 is 5.73 Å². The fraction of sp³-hybridized carbons (Fsp3) is 0.625. The van der Waals surface area contributed by atoms with Crippen molar-refractivity contribution < 1.29 is 0 Å². The molecule has 0 heterocycles. The minimum atomic E-state index is 0.314. The fourth-order valence-corrected chi connectivity index (χ4v) is 3.40. The van der Waals surface area contributed by atoms with Gasteiger partial charge in [0.25, 0.3) is 0 Å². The van der Waals surface area contributed by atoms with Gasteiger partial charge in [0.2, 0.25) is 0 Å². The van der Waals surface area contributed by atoms with Crippen LogP contribution in [0.25, 0.3) is 0 Å². The third-order valence-corrected chi connectivity index (χ3v) is 4.41. The Labute approximate surface area is 105 Å². The van der Waals surface area contributed by atoms with Crippen molar-refractivity contribution >= 4 is 0 Å². The summed E-state index contributed by atoms with van der Waals surface area (Å²) in [4.78, 5) is 0. The molecular formula is C16H25N. The molecule has 1 aromatic carbocycles. The van der Waals surface area contributed by atoms with Crippen molar-refractivity contribution in [1.29, 1.82) is 0 Å². The Hall–Kier alpha value is -0.820. The van der Waals surface area contributed by atoms with Crippen molar-refractivity contribution in [2.75, 3.05) is 0 Å². The number of hydrogen-bond donors (Lipinski definition) is 1. The minimum Gasteiger partial charge on any atom is -0.327 e. The van der Waals surface area contributed by atoms with Gasteiger partial charge in [-0.2, -0.15) is 0 Å². The zero-order valence-corrected chi connectivity index (χ0v) is 11.4. The standard InChI is InChI=1S/C16H25N/c1-12-6-4-7-13(10-12)11-15(17)14-8-5-9-16(14,2)3/h4,6-7,10,14-15H,5,8-9,11,17H2,1-3H3. The Bertz CT molecular complexity index is 381. The summed E-state index contributed by atoms with van der Waals surface area (Å²) in [6.45, 7) is 6.90. The van der Waals surface area contributed by atoms with Crippen LogP contribution in [0.2, 0.25) is 0 Å². The molecule has 0 spiro atoms. The van der Waals surface area contributed by atoms with E-state index in [1.165, 1.54) is 30.4 Å². The molecular weight excluding hydrogens is 206 g/mol. The Kier molecular flexibility index (Phi) is 3.58. The van der Waals surface area contributed by atoms with Gasteiger partial charge in [-0.15, -0.1) is 0 Å².